The van der Waals surface area contributed by atoms with E-state index < -0.39 is 28.9 Å². The van der Waals surface area contributed by atoms with Crippen LogP contribution in [0.2, 0.25) is 0 Å². The average molecular weight is 565 g/mol. The first-order valence-corrected chi connectivity index (χ1v) is 15.0. The van der Waals surface area contributed by atoms with Crippen molar-refractivity contribution in [2.75, 3.05) is 0 Å². The quantitative estimate of drug-likeness (QED) is 0.154. The van der Waals surface area contributed by atoms with Gasteiger partial charge in [0.25, 0.3) is 0 Å². The summed E-state index contributed by atoms with van der Waals surface area (Å²) in [7, 11) is 0. The van der Waals surface area contributed by atoms with E-state index in [0.29, 0.717) is 38.5 Å². The Morgan fingerprint density at radius 1 is 0.762 bits per heavy atom. The Kier molecular flexibility index (Phi) is 9.85. The number of hydrogen-bond acceptors (Lipinski definition) is 3. The monoisotopic (exact) mass is 564 g/mol. The van der Waals surface area contributed by atoms with Crippen LogP contribution in [0.5, 0.6) is 0 Å². The van der Waals surface area contributed by atoms with Crippen molar-refractivity contribution in [3.8, 4) is 0 Å². The molecular formula is C37H44N2O3. The number of hydrogen-bond donors (Lipinski definition) is 3. The number of fused-ring (bicyclic) bond motifs is 1. The lowest BCUT2D eigenvalue weighted by Gasteiger charge is -2.41. The van der Waals surface area contributed by atoms with Crippen LogP contribution in [0.15, 0.2) is 91.0 Å². The van der Waals surface area contributed by atoms with Crippen molar-refractivity contribution in [2.45, 2.75) is 77.9 Å². The summed E-state index contributed by atoms with van der Waals surface area (Å²) >= 11 is 0. The molecule has 0 saturated heterocycles. The molecule has 0 aliphatic rings. The van der Waals surface area contributed by atoms with Crippen LogP contribution in [0.1, 0.15) is 73.4 Å². The van der Waals surface area contributed by atoms with Crippen molar-refractivity contribution in [1.29, 1.82) is 0 Å². The number of carbonyl (C=O) groups is 2. The summed E-state index contributed by atoms with van der Waals surface area (Å²) in [5.74, 6) is -1.05. The van der Waals surface area contributed by atoms with Gasteiger partial charge in [-0.15, -0.1) is 0 Å². The topological polar surface area (TPSA) is 92.4 Å². The molecule has 0 fully saturated rings. The molecule has 1 atom stereocenters. The lowest BCUT2D eigenvalue weighted by Crippen LogP contribution is -2.56. The molecule has 0 radical (unpaired) electrons. The molecule has 5 heteroatoms. The van der Waals surface area contributed by atoms with Crippen molar-refractivity contribution in [3.63, 3.8) is 0 Å². The van der Waals surface area contributed by atoms with E-state index >= 15 is 0 Å². The Hall–Kier alpha value is -3.96. The van der Waals surface area contributed by atoms with Crippen LogP contribution >= 0.6 is 0 Å². The minimum Gasteiger partial charge on any atom is -0.387 e. The van der Waals surface area contributed by atoms with Crippen LogP contribution in [-0.2, 0) is 22.4 Å². The molecule has 4 aromatic carbocycles. The number of rotatable bonds is 13. The molecule has 42 heavy (non-hydrogen) atoms. The van der Waals surface area contributed by atoms with Gasteiger partial charge in [-0.05, 0) is 65.3 Å². The largest absolute Gasteiger partial charge is 0.387 e. The lowest BCUT2D eigenvalue weighted by molar-refractivity contribution is -0.145. The molecule has 0 saturated carbocycles. The van der Waals surface area contributed by atoms with Crippen LogP contribution in [-0.4, -0.2) is 22.5 Å². The molecule has 0 bridgehead atoms. The van der Waals surface area contributed by atoms with Crippen LogP contribution in [0.25, 0.3) is 10.8 Å². The van der Waals surface area contributed by atoms with E-state index in [1.807, 2.05) is 119 Å². The number of nitrogens with one attached hydrogen (secondary N) is 1. The third-order valence-corrected chi connectivity index (χ3v) is 8.72. The van der Waals surface area contributed by atoms with E-state index in [1.54, 1.807) is 0 Å². The summed E-state index contributed by atoms with van der Waals surface area (Å²) in [6.07, 6.45) is 2.55. The molecule has 5 nitrogen and oxygen atoms in total. The van der Waals surface area contributed by atoms with Crippen molar-refractivity contribution in [1.82, 2.24) is 5.32 Å². The molecule has 0 aromatic heterocycles. The fourth-order valence-corrected chi connectivity index (χ4v) is 6.38. The van der Waals surface area contributed by atoms with E-state index in [-0.39, 0.29) is 0 Å². The summed E-state index contributed by atoms with van der Waals surface area (Å²) < 4.78 is 0. The summed E-state index contributed by atoms with van der Waals surface area (Å²) in [4.78, 5) is 27.4. The SMILES string of the molecule is CCCC(CCC)(C(N)=O)C(=O)N[C@@H](c1cccc2ccccc12)C(O)(Cc1ccccc1C)Cc1ccccc1C. The second-order valence-electron chi connectivity index (χ2n) is 11.7. The maximum absolute atomic E-state index is 14.4. The molecule has 0 spiro atoms. The van der Waals surface area contributed by atoms with Gasteiger partial charge in [-0.1, -0.05) is 118 Å². The number of nitrogens with two attached hydrogens (primary N) is 1. The fraction of sp³-hybridized carbons (Fsp3) is 0.351. The number of aryl methyl sites for hydroxylation is 2. The lowest BCUT2D eigenvalue weighted by atomic mass is 9.74. The predicted octanol–water partition coefficient (Wildman–Crippen LogP) is 6.90. The number of amides is 2. The Morgan fingerprint density at radius 3 is 1.79 bits per heavy atom. The predicted molar refractivity (Wildman–Crippen MR) is 171 cm³/mol. The highest BCUT2D eigenvalue weighted by molar-refractivity contribution is 6.04. The molecule has 220 valence electrons. The van der Waals surface area contributed by atoms with Crippen molar-refractivity contribution in [3.05, 3.63) is 119 Å². The first kappa shape index (κ1) is 31.0. The van der Waals surface area contributed by atoms with Crippen molar-refractivity contribution in [2.24, 2.45) is 11.1 Å². The van der Waals surface area contributed by atoms with E-state index in [0.717, 1.165) is 38.6 Å². The van der Waals surface area contributed by atoms with Gasteiger partial charge in [-0.2, -0.15) is 0 Å². The minimum absolute atomic E-state index is 0.299. The maximum Gasteiger partial charge on any atom is 0.236 e. The van der Waals surface area contributed by atoms with Crippen LogP contribution in [0.4, 0.5) is 0 Å². The molecule has 4 rings (SSSR count). The van der Waals surface area contributed by atoms with Gasteiger partial charge in [0.1, 0.15) is 5.41 Å². The third-order valence-electron chi connectivity index (χ3n) is 8.72. The van der Waals surface area contributed by atoms with Gasteiger partial charge >= 0.3 is 0 Å². The van der Waals surface area contributed by atoms with Gasteiger partial charge in [-0.3, -0.25) is 9.59 Å². The molecule has 0 aliphatic carbocycles. The Morgan fingerprint density at radius 2 is 1.26 bits per heavy atom. The molecule has 0 aliphatic heterocycles. The first-order chi connectivity index (χ1) is 20.1. The fourth-order valence-electron chi connectivity index (χ4n) is 6.38. The second-order valence-corrected chi connectivity index (χ2v) is 11.7. The van der Waals surface area contributed by atoms with Gasteiger partial charge < -0.3 is 16.2 Å². The Labute approximate surface area is 250 Å². The number of aliphatic hydroxyl groups is 1. The molecule has 2 amide bonds. The number of carbonyl (C=O) groups excluding carboxylic acids is 2. The van der Waals surface area contributed by atoms with E-state index in [2.05, 4.69) is 5.32 Å². The normalized spacial score (nSPS) is 12.7. The summed E-state index contributed by atoms with van der Waals surface area (Å²) in [6, 6.07) is 29.2. The zero-order chi connectivity index (χ0) is 30.3. The summed E-state index contributed by atoms with van der Waals surface area (Å²) in [5.41, 5.74) is 8.10. The van der Waals surface area contributed by atoms with Crippen LogP contribution in [0.3, 0.4) is 0 Å². The molecular weight excluding hydrogens is 520 g/mol. The van der Waals surface area contributed by atoms with E-state index in [9.17, 15) is 14.7 Å². The minimum atomic E-state index is -1.44. The zero-order valence-corrected chi connectivity index (χ0v) is 25.3. The molecule has 0 unspecified atom stereocenters. The number of primary amides is 1. The van der Waals surface area contributed by atoms with Gasteiger partial charge in [0.2, 0.25) is 11.8 Å². The third kappa shape index (κ3) is 6.42. The highest BCUT2D eigenvalue weighted by Crippen LogP contribution is 2.39. The maximum atomic E-state index is 14.4. The van der Waals surface area contributed by atoms with Crippen LogP contribution in [0, 0.1) is 19.3 Å². The molecule has 4 aromatic rings. The summed E-state index contributed by atoms with van der Waals surface area (Å²) in [5, 5.41) is 18.2. The van der Waals surface area contributed by atoms with Crippen LogP contribution < -0.4 is 11.1 Å². The van der Waals surface area contributed by atoms with Gasteiger partial charge in [0, 0.05) is 12.8 Å². The standard InChI is InChI=1S/C37H44N2O3/c1-5-22-36(23-6-2,34(38)40)35(41)39-33(32-21-13-19-28-16-11-12-20-31(28)32)37(42,24-29-17-9-7-14-26(29)3)25-30-18-10-8-15-27(30)4/h7-21,33,42H,5-6,22-25H2,1-4H3,(H2,38,40)(H,39,41)/t33-/m0/s1. The Balaban J connectivity index is 1.96. The van der Waals surface area contributed by atoms with Gasteiger partial charge in [0.05, 0.1) is 11.6 Å². The van der Waals surface area contributed by atoms with Gasteiger partial charge in [0.15, 0.2) is 0 Å². The zero-order valence-electron chi connectivity index (χ0n) is 25.3. The van der Waals surface area contributed by atoms with E-state index in [1.165, 1.54) is 0 Å². The van der Waals surface area contributed by atoms with Crippen molar-refractivity contribution >= 4 is 22.6 Å². The smallest absolute Gasteiger partial charge is 0.236 e. The highest BCUT2D eigenvalue weighted by atomic mass is 16.3. The van der Waals surface area contributed by atoms with Crippen molar-refractivity contribution < 1.29 is 14.7 Å². The number of benzene rings is 4. The first-order valence-electron chi connectivity index (χ1n) is 15.0. The summed E-state index contributed by atoms with van der Waals surface area (Å²) in [6.45, 7) is 7.98. The highest BCUT2D eigenvalue weighted by Gasteiger charge is 2.47. The average Bonchev–Trinajstić information content (AvgIpc) is 2.97. The van der Waals surface area contributed by atoms with Gasteiger partial charge in [-0.25, -0.2) is 0 Å². The Bertz CT molecular complexity index is 1480. The molecule has 0 heterocycles. The second kappa shape index (κ2) is 13.3. The molecule has 4 N–H and O–H groups in total. The van der Waals surface area contributed by atoms with E-state index in [4.69, 9.17) is 5.73 Å².